The van der Waals surface area contributed by atoms with Gasteiger partial charge in [-0.15, -0.1) is 0 Å². The van der Waals surface area contributed by atoms with Gasteiger partial charge >= 0.3 is 6.18 Å². The number of piperidine rings is 1. The molecular weight excluding hydrogens is 481 g/mol. The van der Waals surface area contributed by atoms with Gasteiger partial charge in [-0.05, 0) is 55.4 Å². The molecule has 3 aromatic rings. The zero-order chi connectivity index (χ0) is 24.5. The minimum atomic E-state index is -4.52. The molecule has 0 radical (unpaired) electrons. The number of nitrogens with zero attached hydrogens (tertiary/aromatic N) is 5. The fourth-order valence-electron chi connectivity index (χ4n) is 5.71. The molecule has 0 aromatic carbocycles. The van der Waals surface area contributed by atoms with Crippen LogP contribution in [0.5, 0.6) is 0 Å². The van der Waals surface area contributed by atoms with Crippen molar-refractivity contribution in [1.29, 1.82) is 0 Å². The van der Waals surface area contributed by atoms with Gasteiger partial charge in [-0.1, -0.05) is 11.6 Å². The lowest BCUT2D eigenvalue weighted by Gasteiger charge is -2.48. The van der Waals surface area contributed by atoms with Crippen LogP contribution < -0.4 is 5.32 Å². The predicted molar refractivity (Wildman–Crippen MR) is 122 cm³/mol. The van der Waals surface area contributed by atoms with E-state index in [1.807, 2.05) is 11.8 Å². The normalized spacial score (nSPS) is 26.5. The second-order valence-corrected chi connectivity index (χ2v) is 9.87. The maximum absolute atomic E-state index is 13.8. The Hall–Kier alpha value is -3.27. The third-order valence-electron chi connectivity index (χ3n) is 7.40. The molecule has 3 aliphatic rings. The number of hydrogen-bond donors (Lipinski definition) is 1. The molecule has 1 spiro atoms. The average molecular weight is 501 g/mol. The zero-order valence-electron chi connectivity index (χ0n) is 18.6. The highest BCUT2D eigenvalue weighted by Crippen LogP contribution is 2.71. The third-order valence-corrected chi connectivity index (χ3v) is 7.68. The second kappa shape index (κ2) is 7.61. The molecule has 4 unspecified atom stereocenters. The number of alkyl halides is 3. The fourth-order valence-corrected chi connectivity index (χ4v) is 5.93. The van der Waals surface area contributed by atoms with E-state index >= 15 is 0 Å². The van der Waals surface area contributed by atoms with E-state index in [4.69, 9.17) is 11.6 Å². The lowest BCUT2D eigenvalue weighted by molar-refractivity contribution is -0.137. The molecular formula is C24H20ClF3N6O. The Morgan fingerprint density at radius 1 is 1.20 bits per heavy atom. The first-order chi connectivity index (χ1) is 16.7. The van der Waals surface area contributed by atoms with E-state index in [1.165, 1.54) is 0 Å². The van der Waals surface area contributed by atoms with Crippen LogP contribution in [0.2, 0.25) is 5.02 Å². The van der Waals surface area contributed by atoms with Crippen LogP contribution in [-0.4, -0.2) is 49.4 Å². The number of rotatable bonds is 4. The number of aryl methyl sites for hydroxylation is 1. The van der Waals surface area contributed by atoms with Crippen molar-refractivity contribution in [2.24, 2.45) is 11.3 Å². The summed E-state index contributed by atoms with van der Waals surface area (Å²) in [7, 11) is 0. The van der Waals surface area contributed by atoms with Gasteiger partial charge in [-0.3, -0.25) is 4.79 Å². The molecule has 1 saturated heterocycles. The fraction of sp³-hybridized carbons (Fsp3) is 0.375. The van der Waals surface area contributed by atoms with Crippen LogP contribution in [-0.2, 0) is 6.18 Å². The van der Waals surface area contributed by atoms with Crippen LogP contribution in [0, 0.1) is 18.3 Å². The predicted octanol–water partition coefficient (Wildman–Crippen LogP) is 4.63. The van der Waals surface area contributed by atoms with Gasteiger partial charge in [-0.25, -0.2) is 19.9 Å². The number of carbonyl (C=O) groups is 1. The van der Waals surface area contributed by atoms with E-state index in [-0.39, 0.29) is 34.2 Å². The van der Waals surface area contributed by atoms with Gasteiger partial charge in [0.05, 0.1) is 22.2 Å². The molecule has 1 amide bonds. The molecule has 4 heterocycles. The van der Waals surface area contributed by atoms with Gasteiger partial charge in [0.15, 0.2) is 5.82 Å². The molecule has 6 rings (SSSR count). The Morgan fingerprint density at radius 3 is 2.69 bits per heavy atom. The van der Waals surface area contributed by atoms with Crippen molar-refractivity contribution in [3.63, 3.8) is 0 Å². The number of anilines is 1. The number of halogens is 4. The molecule has 11 heteroatoms. The largest absolute Gasteiger partial charge is 0.417 e. The Bertz CT molecular complexity index is 1340. The van der Waals surface area contributed by atoms with Crippen LogP contribution in [0.1, 0.15) is 34.5 Å². The van der Waals surface area contributed by atoms with E-state index in [2.05, 4.69) is 25.3 Å². The molecule has 2 saturated carbocycles. The SMILES string of the molecule is Cc1ccc(C(=O)N2CC3CC34CC(Nc3ncc(C(F)(F)F)cc3Cl)C24)c(-c2ncccn2)n1. The molecule has 1 N–H and O–H groups in total. The molecule has 7 nitrogen and oxygen atoms in total. The number of amides is 1. The van der Waals surface area contributed by atoms with Crippen molar-refractivity contribution in [3.8, 4) is 11.5 Å². The quantitative estimate of drug-likeness (QED) is 0.562. The Labute approximate surface area is 203 Å². The minimum absolute atomic E-state index is 0.0489. The molecule has 3 aromatic heterocycles. The molecule has 1 aliphatic heterocycles. The summed E-state index contributed by atoms with van der Waals surface area (Å²) >= 11 is 6.12. The van der Waals surface area contributed by atoms with E-state index in [9.17, 15) is 18.0 Å². The van der Waals surface area contributed by atoms with Crippen LogP contribution in [0.3, 0.4) is 0 Å². The summed E-state index contributed by atoms with van der Waals surface area (Å²) in [4.78, 5) is 32.6. The maximum Gasteiger partial charge on any atom is 0.417 e. The number of carbonyl (C=O) groups excluding carboxylic acids is 1. The van der Waals surface area contributed by atoms with Crippen molar-refractivity contribution in [3.05, 3.63) is 64.7 Å². The van der Waals surface area contributed by atoms with E-state index in [0.29, 0.717) is 29.5 Å². The summed E-state index contributed by atoms with van der Waals surface area (Å²) in [5.41, 5.74) is 0.750. The molecule has 3 fully saturated rings. The number of nitrogens with one attached hydrogen (secondary N) is 1. The van der Waals surface area contributed by atoms with Crippen molar-refractivity contribution in [2.75, 3.05) is 11.9 Å². The minimum Gasteiger partial charge on any atom is -0.364 e. The van der Waals surface area contributed by atoms with Gasteiger partial charge in [-0.2, -0.15) is 13.2 Å². The Balaban J connectivity index is 1.28. The Morgan fingerprint density at radius 2 is 1.97 bits per heavy atom. The van der Waals surface area contributed by atoms with Crippen molar-refractivity contribution < 1.29 is 18.0 Å². The van der Waals surface area contributed by atoms with E-state index in [1.54, 1.807) is 30.6 Å². The van der Waals surface area contributed by atoms with Gasteiger partial charge in [0.2, 0.25) is 0 Å². The summed E-state index contributed by atoms with van der Waals surface area (Å²) in [5.74, 6) is 0.823. The first kappa shape index (κ1) is 22.2. The highest BCUT2D eigenvalue weighted by atomic mass is 35.5. The number of likely N-dealkylation sites (tertiary alicyclic amines) is 1. The molecule has 2 aliphatic carbocycles. The highest BCUT2D eigenvalue weighted by molar-refractivity contribution is 6.33. The zero-order valence-corrected chi connectivity index (χ0v) is 19.3. The number of pyridine rings is 2. The lowest BCUT2D eigenvalue weighted by Crippen LogP contribution is -2.60. The van der Waals surface area contributed by atoms with Crippen molar-refractivity contribution >= 4 is 23.3 Å². The smallest absolute Gasteiger partial charge is 0.364 e. The monoisotopic (exact) mass is 500 g/mol. The lowest BCUT2D eigenvalue weighted by atomic mass is 9.71. The number of aromatic nitrogens is 4. The molecule has 4 atom stereocenters. The van der Waals surface area contributed by atoms with Crippen LogP contribution >= 0.6 is 11.6 Å². The molecule has 180 valence electrons. The van der Waals surface area contributed by atoms with Gasteiger partial charge in [0, 0.05) is 36.9 Å². The first-order valence-electron chi connectivity index (χ1n) is 11.2. The van der Waals surface area contributed by atoms with Gasteiger partial charge in [0.1, 0.15) is 11.5 Å². The Kier molecular flexibility index (Phi) is 4.83. The van der Waals surface area contributed by atoms with E-state index in [0.717, 1.165) is 30.8 Å². The van der Waals surface area contributed by atoms with Crippen molar-refractivity contribution in [1.82, 2.24) is 24.8 Å². The van der Waals surface area contributed by atoms with Crippen molar-refractivity contribution in [2.45, 2.75) is 38.0 Å². The summed E-state index contributed by atoms with van der Waals surface area (Å²) < 4.78 is 38.9. The number of hydrogen-bond acceptors (Lipinski definition) is 6. The summed E-state index contributed by atoms with van der Waals surface area (Å²) in [6.45, 7) is 2.46. The van der Waals surface area contributed by atoms with Gasteiger partial charge in [0.25, 0.3) is 5.91 Å². The van der Waals surface area contributed by atoms with Gasteiger partial charge < -0.3 is 10.2 Å². The molecule has 35 heavy (non-hydrogen) atoms. The van der Waals surface area contributed by atoms with Crippen LogP contribution in [0.25, 0.3) is 11.5 Å². The average Bonchev–Trinajstić information content (AvgIpc) is 3.48. The van der Waals surface area contributed by atoms with Crippen LogP contribution in [0.4, 0.5) is 19.0 Å². The van der Waals surface area contributed by atoms with Crippen LogP contribution in [0.15, 0.2) is 42.9 Å². The summed E-state index contributed by atoms with van der Waals surface area (Å²) in [6.07, 6.45) is 1.30. The second-order valence-electron chi connectivity index (χ2n) is 9.46. The standard InChI is InChI=1S/C24H20ClF3N6O/c1-12-3-4-15(18(32-12)21-29-5-2-6-30-21)22(35)34-11-14-8-23(14)9-17(19(23)34)33-20-16(25)7-13(10-31-20)24(26,27)28/h2-7,10,14,17,19H,8-9,11H2,1H3,(H,31,33). The molecule has 0 bridgehead atoms. The highest BCUT2D eigenvalue weighted by Gasteiger charge is 2.75. The summed E-state index contributed by atoms with van der Waals surface area (Å²) in [6, 6.07) is 5.84. The van der Waals surface area contributed by atoms with E-state index < -0.39 is 11.7 Å². The summed E-state index contributed by atoms with van der Waals surface area (Å²) in [5, 5.41) is 3.09. The maximum atomic E-state index is 13.8. The third kappa shape index (κ3) is 3.53. The topological polar surface area (TPSA) is 83.9 Å². The first-order valence-corrected chi connectivity index (χ1v) is 11.6.